The molecule has 0 fully saturated rings. The number of alkyl halides is 3. The van der Waals surface area contributed by atoms with Crippen molar-refractivity contribution in [1.29, 1.82) is 0 Å². The predicted octanol–water partition coefficient (Wildman–Crippen LogP) is 4.38. The minimum absolute atomic E-state index is 0.0486. The van der Waals surface area contributed by atoms with Crippen LogP contribution in [-0.2, 0) is 17.5 Å². The summed E-state index contributed by atoms with van der Waals surface area (Å²) in [5.41, 5.74) is 0.865. The van der Waals surface area contributed by atoms with Crippen LogP contribution in [0.5, 0.6) is 5.75 Å². The number of esters is 1. The number of benzene rings is 2. The molecule has 0 unspecified atom stereocenters. The minimum atomic E-state index is -4.37. The zero-order valence-electron chi connectivity index (χ0n) is 12.6. The average Bonchev–Trinajstić information content (AvgIpc) is 2.52. The van der Waals surface area contributed by atoms with Crippen molar-refractivity contribution in [2.45, 2.75) is 19.7 Å². The Bertz CT molecular complexity index is 691. The Hall–Kier alpha value is -2.50. The summed E-state index contributed by atoms with van der Waals surface area (Å²) in [4.78, 5) is 11.7. The van der Waals surface area contributed by atoms with Crippen molar-refractivity contribution < 1.29 is 27.4 Å². The standard InChI is InChI=1S/C17H15F3O3/c1-11-4-3-5-14(16(21)22-2)15(11)23-10-12-6-8-13(9-7-12)17(18,19)20/h3-9H,10H2,1-2H3. The molecule has 0 atom stereocenters. The molecule has 0 aliphatic heterocycles. The van der Waals surface area contributed by atoms with Gasteiger partial charge in [-0.1, -0.05) is 24.3 Å². The number of hydrogen-bond donors (Lipinski definition) is 0. The molecule has 0 spiro atoms. The molecule has 23 heavy (non-hydrogen) atoms. The maximum Gasteiger partial charge on any atom is 0.416 e. The highest BCUT2D eigenvalue weighted by molar-refractivity contribution is 5.92. The van der Waals surface area contributed by atoms with Crippen LogP contribution in [0, 0.1) is 6.92 Å². The smallest absolute Gasteiger partial charge is 0.416 e. The van der Waals surface area contributed by atoms with Gasteiger partial charge in [0.2, 0.25) is 0 Å². The lowest BCUT2D eigenvalue weighted by Gasteiger charge is -2.13. The molecule has 0 saturated heterocycles. The van der Waals surface area contributed by atoms with E-state index in [0.29, 0.717) is 11.3 Å². The normalized spacial score (nSPS) is 11.2. The lowest BCUT2D eigenvalue weighted by molar-refractivity contribution is -0.137. The van der Waals surface area contributed by atoms with Crippen LogP contribution in [0.1, 0.15) is 27.0 Å². The highest BCUT2D eigenvalue weighted by Crippen LogP contribution is 2.30. The van der Waals surface area contributed by atoms with E-state index in [4.69, 9.17) is 9.47 Å². The first-order chi connectivity index (χ1) is 10.8. The molecule has 0 bridgehead atoms. The maximum atomic E-state index is 12.5. The molecule has 122 valence electrons. The molecule has 6 heteroatoms. The molecule has 0 aromatic heterocycles. The lowest BCUT2D eigenvalue weighted by Crippen LogP contribution is -2.08. The molecule has 0 saturated carbocycles. The first kappa shape index (κ1) is 16.9. The van der Waals surface area contributed by atoms with E-state index in [2.05, 4.69) is 0 Å². The van der Waals surface area contributed by atoms with E-state index in [0.717, 1.165) is 17.7 Å². The molecule has 0 aliphatic carbocycles. The van der Waals surface area contributed by atoms with Crippen molar-refractivity contribution in [3.8, 4) is 5.75 Å². The number of methoxy groups -OCH3 is 1. The quantitative estimate of drug-likeness (QED) is 0.783. The van der Waals surface area contributed by atoms with Gasteiger partial charge in [-0.25, -0.2) is 4.79 Å². The SMILES string of the molecule is COC(=O)c1cccc(C)c1OCc1ccc(C(F)(F)F)cc1. The number of hydrogen-bond acceptors (Lipinski definition) is 3. The Morgan fingerprint density at radius 1 is 1.09 bits per heavy atom. The van der Waals surface area contributed by atoms with Crippen molar-refractivity contribution in [3.05, 3.63) is 64.7 Å². The number of carbonyl (C=O) groups is 1. The number of ether oxygens (including phenoxy) is 2. The summed E-state index contributed by atoms with van der Waals surface area (Å²) in [6.07, 6.45) is -4.37. The summed E-state index contributed by atoms with van der Waals surface area (Å²) < 4.78 is 47.9. The molecule has 3 nitrogen and oxygen atoms in total. The Labute approximate surface area is 131 Å². The van der Waals surface area contributed by atoms with Crippen LogP contribution in [0.4, 0.5) is 13.2 Å². The van der Waals surface area contributed by atoms with E-state index in [-0.39, 0.29) is 12.2 Å². The second kappa shape index (κ2) is 6.73. The lowest BCUT2D eigenvalue weighted by atomic mass is 10.1. The molecular formula is C17H15F3O3. The highest BCUT2D eigenvalue weighted by atomic mass is 19.4. The fraction of sp³-hybridized carbons (Fsp3) is 0.235. The summed E-state index contributed by atoms with van der Waals surface area (Å²) in [5, 5.41) is 0. The van der Waals surface area contributed by atoms with Crippen LogP contribution in [0.25, 0.3) is 0 Å². The van der Waals surface area contributed by atoms with Gasteiger partial charge in [0.15, 0.2) is 0 Å². The summed E-state index contributed by atoms with van der Waals surface area (Å²) in [7, 11) is 1.27. The Balaban J connectivity index is 2.17. The molecule has 0 aliphatic rings. The fourth-order valence-corrected chi connectivity index (χ4v) is 2.06. The third-order valence-corrected chi connectivity index (χ3v) is 3.28. The topological polar surface area (TPSA) is 35.5 Å². The van der Waals surface area contributed by atoms with Crippen molar-refractivity contribution >= 4 is 5.97 Å². The Kier molecular flexibility index (Phi) is 4.93. The number of aryl methyl sites for hydroxylation is 1. The fourth-order valence-electron chi connectivity index (χ4n) is 2.06. The first-order valence-electron chi connectivity index (χ1n) is 6.80. The van der Waals surface area contributed by atoms with Crippen molar-refractivity contribution in [2.75, 3.05) is 7.11 Å². The van der Waals surface area contributed by atoms with E-state index in [1.54, 1.807) is 25.1 Å². The summed E-state index contributed by atoms with van der Waals surface area (Å²) >= 11 is 0. The number of rotatable bonds is 4. The van der Waals surface area contributed by atoms with Crippen LogP contribution < -0.4 is 4.74 Å². The van der Waals surface area contributed by atoms with Gasteiger partial charge in [0.05, 0.1) is 12.7 Å². The van der Waals surface area contributed by atoms with E-state index < -0.39 is 17.7 Å². The summed E-state index contributed by atoms with van der Waals surface area (Å²) in [5.74, 6) is -0.171. The van der Waals surface area contributed by atoms with E-state index in [9.17, 15) is 18.0 Å². The molecular weight excluding hydrogens is 309 g/mol. The Morgan fingerprint density at radius 3 is 2.30 bits per heavy atom. The number of carbonyl (C=O) groups excluding carboxylic acids is 1. The van der Waals surface area contributed by atoms with E-state index >= 15 is 0 Å². The largest absolute Gasteiger partial charge is 0.488 e. The number of halogens is 3. The van der Waals surface area contributed by atoms with Crippen LogP contribution in [-0.4, -0.2) is 13.1 Å². The van der Waals surface area contributed by atoms with Gasteiger partial charge in [-0.15, -0.1) is 0 Å². The first-order valence-corrected chi connectivity index (χ1v) is 6.80. The van der Waals surface area contributed by atoms with Crippen LogP contribution in [0.2, 0.25) is 0 Å². The third-order valence-electron chi connectivity index (χ3n) is 3.28. The van der Waals surface area contributed by atoms with Gasteiger partial charge in [-0.2, -0.15) is 13.2 Å². The van der Waals surface area contributed by atoms with Gasteiger partial charge in [-0.05, 0) is 36.2 Å². The van der Waals surface area contributed by atoms with Gasteiger partial charge >= 0.3 is 12.1 Å². The molecule has 0 heterocycles. The molecule has 0 radical (unpaired) electrons. The van der Waals surface area contributed by atoms with Gasteiger partial charge in [0, 0.05) is 0 Å². The van der Waals surface area contributed by atoms with Crippen molar-refractivity contribution in [2.24, 2.45) is 0 Å². The van der Waals surface area contributed by atoms with Gasteiger partial charge in [0.1, 0.15) is 17.9 Å². The van der Waals surface area contributed by atoms with Gasteiger partial charge in [-0.3, -0.25) is 0 Å². The zero-order chi connectivity index (χ0) is 17.0. The second-order valence-electron chi connectivity index (χ2n) is 4.93. The van der Waals surface area contributed by atoms with E-state index in [1.165, 1.54) is 19.2 Å². The Morgan fingerprint density at radius 2 is 1.74 bits per heavy atom. The molecule has 2 aromatic rings. The third kappa shape index (κ3) is 4.03. The molecule has 0 N–H and O–H groups in total. The summed E-state index contributed by atoms with van der Waals surface area (Å²) in [6.45, 7) is 1.82. The van der Waals surface area contributed by atoms with Crippen LogP contribution in [0.15, 0.2) is 42.5 Å². The summed E-state index contributed by atoms with van der Waals surface area (Å²) in [6, 6.07) is 9.73. The monoisotopic (exact) mass is 324 g/mol. The highest BCUT2D eigenvalue weighted by Gasteiger charge is 2.29. The van der Waals surface area contributed by atoms with Crippen molar-refractivity contribution in [1.82, 2.24) is 0 Å². The second-order valence-corrected chi connectivity index (χ2v) is 4.93. The minimum Gasteiger partial charge on any atom is -0.488 e. The van der Waals surface area contributed by atoms with E-state index in [1.807, 2.05) is 0 Å². The molecule has 0 amide bonds. The van der Waals surface area contributed by atoms with Crippen LogP contribution in [0.3, 0.4) is 0 Å². The maximum absolute atomic E-state index is 12.5. The van der Waals surface area contributed by atoms with Crippen LogP contribution >= 0.6 is 0 Å². The molecule has 2 aromatic carbocycles. The zero-order valence-corrected chi connectivity index (χ0v) is 12.6. The number of para-hydroxylation sites is 1. The molecule has 2 rings (SSSR count). The van der Waals surface area contributed by atoms with Gasteiger partial charge in [0.25, 0.3) is 0 Å². The van der Waals surface area contributed by atoms with Gasteiger partial charge < -0.3 is 9.47 Å². The average molecular weight is 324 g/mol. The van der Waals surface area contributed by atoms with Crippen molar-refractivity contribution in [3.63, 3.8) is 0 Å². The predicted molar refractivity (Wildman–Crippen MR) is 78.3 cm³/mol.